The van der Waals surface area contributed by atoms with Crippen molar-refractivity contribution in [3.05, 3.63) is 23.9 Å². The van der Waals surface area contributed by atoms with Gasteiger partial charge < -0.3 is 10.6 Å². The van der Waals surface area contributed by atoms with Crippen LogP contribution in [0.25, 0.3) is 0 Å². The maximum atomic E-state index is 6.00. The Morgan fingerprint density at radius 2 is 1.95 bits per heavy atom. The minimum Gasteiger partial charge on any atom is -0.357 e. The molecule has 1 heterocycles. The lowest BCUT2D eigenvalue weighted by atomic mass is 10.1. The molecule has 1 aliphatic carbocycles. The molecule has 1 aromatic heterocycles. The van der Waals surface area contributed by atoms with Gasteiger partial charge in [-0.3, -0.25) is 0 Å². The number of rotatable bonds is 5. The Morgan fingerprint density at radius 1 is 1.25 bits per heavy atom. The van der Waals surface area contributed by atoms with Crippen LogP contribution in [0.4, 0.5) is 5.82 Å². The fraction of sp³-hybridized carbons (Fsp3) is 0.706. The van der Waals surface area contributed by atoms with Gasteiger partial charge >= 0.3 is 0 Å². The van der Waals surface area contributed by atoms with E-state index in [0.29, 0.717) is 6.04 Å². The number of pyridine rings is 1. The smallest absolute Gasteiger partial charge is 0.128 e. The molecule has 0 aromatic carbocycles. The van der Waals surface area contributed by atoms with E-state index < -0.39 is 0 Å². The van der Waals surface area contributed by atoms with Crippen molar-refractivity contribution in [2.45, 2.75) is 70.4 Å². The van der Waals surface area contributed by atoms with E-state index >= 15 is 0 Å². The first-order valence-electron chi connectivity index (χ1n) is 8.14. The predicted molar refractivity (Wildman–Crippen MR) is 86.1 cm³/mol. The second-order valence-electron chi connectivity index (χ2n) is 6.15. The van der Waals surface area contributed by atoms with Gasteiger partial charge in [0.05, 0.1) is 0 Å². The zero-order chi connectivity index (χ0) is 14.4. The minimum atomic E-state index is 0.252. The largest absolute Gasteiger partial charge is 0.357 e. The first kappa shape index (κ1) is 15.3. The summed E-state index contributed by atoms with van der Waals surface area (Å²) in [5, 5.41) is 0. The van der Waals surface area contributed by atoms with Crippen LogP contribution in [0.5, 0.6) is 0 Å². The number of hydrogen-bond acceptors (Lipinski definition) is 3. The molecule has 2 N–H and O–H groups in total. The average molecular weight is 275 g/mol. The van der Waals surface area contributed by atoms with E-state index in [1.807, 2.05) is 6.20 Å². The molecule has 3 heteroatoms. The molecule has 1 unspecified atom stereocenters. The lowest BCUT2D eigenvalue weighted by Gasteiger charge is -2.28. The number of anilines is 1. The SMILES string of the molecule is CCC(N)Cc1ccc(N(C)C2CCCCCC2)nc1. The molecule has 1 saturated carbocycles. The van der Waals surface area contributed by atoms with Gasteiger partial charge in [-0.05, 0) is 37.3 Å². The van der Waals surface area contributed by atoms with Gasteiger partial charge in [0.1, 0.15) is 5.82 Å². The summed E-state index contributed by atoms with van der Waals surface area (Å²) >= 11 is 0. The molecule has 1 atom stereocenters. The average Bonchev–Trinajstić information content (AvgIpc) is 2.76. The van der Waals surface area contributed by atoms with Crippen molar-refractivity contribution in [2.75, 3.05) is 11.9 Å². The molecule has 0 radical (unpaired) electrons. The van der Waals surface area contributed by atoms with Crippen molar-refractivity contribution in [3.8, 4) is 0 Å². The summed E-state index contributed by atoms with van der Waals surface area (Å²) in [5.74, 6) is 1.10. The molecule has 0 spiro atoms. The van der Waals surface area contributed by atoms with Gasteiger partial charge in [-0.1, -0.05) is 38.7 Å². The molecule has 2 rings (SSSR count). The van der Waals surface area contributed by atoms with Gasteiger partial charge in [-0.25, -0.2) is 4.98 Å². The first-order chi connectivity index (χ1) is 9.70. The summed E-state index contributed by atoms with van der Waals surface area (Å²) in [6.07, 6.45) is 12.1. The van der Waals surface area contributed by atoms with Crippen molar-refractivity contribution in [3.63, 3.8) is 0 Å². The van der Waals surface area contributed by atoms with Crippen LogP contribution in [0.1, 0.15) is 57.4 Å². The van der Waals surface area contributed by atoms with Crippen LogP contribution in [0.15, 0.2) is 18.3 Å². The van der Waals surface area contributed by atoms with Crippen LogP contribution in [0.2, 0.25) is 0 Å². The van der Waals surface area contributed by atoms with Crippen LogP contribution in [0, 0.1) is 0 Å². The molecule has 0 amide bonds. The van der Waals surface area contributed by atoms with Crippen LogP contribution < -0.4 is 10.6 Å². The van der Waals surface area contributed by atoms with Gasteiger partial charge in [-0.2, -0.15) is 0 Å². The Balaban J connectivity index is 1.97. The third-order valence-corrected chi connectivity index (χ3v) is 4.57. The molecule has 112 valence electrons. The van der Waals surface area contributed by atoms with Crippen LogP contribution in [-0.2, 0) is 6.42 Å². The maximum absolute atomic E-state index is 6.00. The molecule has 1 aliphatic rings. The summed E-state index contributed by atoms with van der Waals surface area (Å²) < 4.78 is 0. The Labute approximate surface area is 123 Å². The highest BCUT2D eigenvalue weighted by atomic mass is 15.2. The molecule has 0 saturated heterocycles. The summed E-state index contributed by atoms with van der Waals surface area (Å²) in [6, 6.07) is 5.25. The molecule has 1 aromatic rings. The van der Waals surface area contributed by atoms with E-state index in [2.05, 4.69) is 36.0 Å². The van der Waals surface area contributed by atoms with Crippen LogP contribution >= 0.6 is 0 Å². The highest BCUT2D eigenvalue weighted by Crippen LogP contribution is 2.24. The van der Waals surface area contributed by atoms with E-state index in [0.717, 1.165) is 18.7 Å². The molecule has 0 bridgehead atoms. The van der Waals surface area contributed by atoms with Crippen molar-refractivity contribution < 1.29 is 0 Å². The summed E-state index contributed by atoms with van der Waals surface area (Å²) in [4.78, 5) is 7.01. The Kier molecular flexibility index (Phi) is 5.84. The summed E-state index contributed by atoms with van der Waals surface area (Å²) in [6.45, 7) is 2.13. The van der Waals surface area contributed by atoms with E-state index in [1.54, 1.807) is 0 Å². The Bertz CT molecular complexity index is 380. The fourth-order valence-corrected chi connectivity index (χ4v) is 3.03. The van der Waals surface area contributed by atoms with Crippen molar-refractivity contribution in [1.29, 1.82) is 0 Å². The first-order valence-corrected chi connectivity index (χ1v) is 8.14. The van der Waals surface area contributed by atoms with E-state index in [9.17, 15) is 0 Å². The highest BCUT2D eigenvalue weighted by molar-refractivity contribution is 5.39. The van der Waals surface area contributed by atoms with Gasteiger partial charge in [0, 0.05) is 25.3 Å². The zero-order valence-electron chi connectivity index (χ0n) is 13.0. The third-order valence-electron chi connectivity index (χ3n) is 4.57. The van der Waals surface area contributed by atoms with E-state index in [4.69, 9.17) is 5.73 Å². The number of nitrogens with two attached hydrogens (primary N) is 1. The molecule has 20 heavy (non-hydrogen) atoms. The summed E-state index contributed by atoms with van der Waals surface area (Å²) in [7, 11) is 2.19. The normalized spacial score (nSPS) is 18.6. The Hall–Kier alpha value is -1.09. The zero-order valence-corrected chi connectivity index (χ0v) is 13.0. The molecule has 1 fully saturated rings. The van der Waals surface area contributed by atoms with Gasteiger partial charge in [0.2, 0.25) is 0 Å². The van der Waals surface area contributed by atoms with Gasteiger partial charge in [-0.15, -0.1) is 0 Å². The van der Waals surface area contributed by atoms with Crippen molar-refractivity contribution in [2.24, 2.45) is 5.73 Å². The fourth-order valence-electron chi connectivity index (χ4n) is 3.03. The van der Waals surface area contributed by atoms with Gasteiger partial charge in [0.25, 0.3) is 0 Å². The van der Waals surface area contributed by atoms with Crippen LogP contribution in [0.3, 0.4) is 0 Å². The quantitative estimate of drug-likeness (QED) is 0.836. The minimum absolute atomic E-state index is 0.252. The Morgan fingerprint density at radius 3 is 2.50 bits per heavy atom. The maximum Gasteiger partial charge on any atom is 0.128 e. The molecule has 3 nitrogen and oxygen atoms in total. The highest BCUT2D eigenvalue weighted by Gasteiger charge is 2.18. The van der Waals surface area contributed by atoms with Crippen molar-refractivity contribution in [1.82, 2.24) is 4.98 Å². The van der Waals surface area contributed by atoms with E-state index in [-0.39, 0.29) is 6.04 Å². The molecule has 0 aliphatic heterocycles. The number of nitrogens with zero attached hydrogens (tertiary/aromatic N) is 2. The van der Waals surface area contributed by atoms with Crippen LogP contribution in [-0.4, -0.2) is 24.1 Å². The van der Waals surface area contributed by atoms with E-state index in [1.165, 1.54) is 44.1 Å². The number of hydrogen-bond donors (Lipinski definition) is 1. The molecular weight excluding hydrogens is 246 g/mol. The molecular formula is C17H29N3. The van der Waals surface area contributed by atoms with Gasteiger partial charge in [0.15, 0.2) is 0 Å². The second-order valence-corrected chi connectivity index (χ2v) is 6.15. The predicted octanol–water partition coefficient (Wildman–Crippen LogP) is 3.52. The monoisotopic (exact) mass is 275 g/mol. The second kappa shape index (κ2) is 7.63. The summed E-state index contributed by atoms with van der Waals surface area (Å²) in [5.41, 5.74) is 7.25. The third kappa shape index (κ3) is 4.20. The number of aromatic nitrogens is 1. The topological polar surface area (TPSA) is 42.1 Å². The van der Waals surface area contributed by atoms with Crippen molar-refractivity contribution >= 4 is 5.82 Å². The standard InChI is InChI=1S/C17H29N3/c1-3-15(18)12-14-10-11-17(19-13-14)20(2)16-8-6-4-5-7-9-16/h10-11,13,15-16H,3-9,12,18H2,1-2H3. The lowest BCUT2D eigenvalue weighted by molar-refractivity contribution is 0.549. The lowest BCUT2D eigenvalue weighted by Crippen LogP contribution is -2.31.